The lowest BCUT2D eigenvalue weighted by molar-refractivity contribution is 0.252. The highest BCUT2D eigenvalue weighted by Gasteiger charge is 1.99. The fourth-order valence-corrected chi connectivity index (χ4v) is 1.32. The number of rotatable bonds is 3. The van der Waals surface area contributed by atoms with Crippen molar-refractivity contribution in [3.8, 4) is 0 Å². The molecular weight excluding hydrogens is 312 g/mol. The zero-order chi connectivity index (χ0) is 10.4. The maximum Gasteiger partial charge on any atom is 0.319 e. The van der Waals surface area contributed by atoms with Gasteiger partial charge < -0.3 is 10.6 Å². The van der Waals surface area contributed by atoms with Crippen LogP contribution in [-0.2, 0) is 0 Å². The van der Waals surface area contributed by atoms with Crippen LogP contribution in [0.3, 0.4) is 0 Å². The average Bonchev–Trinajstić information content (AvgIpc) is 2.18. The third kappa shape index (κ3) is 4.15. The van der Waals surface area contributed by atoms with Crippen molar-refractivity contribution in [2.75, 3.05) is 17.7 Å². The van der Waals surface area contributed by atoms with Gasteiger partial charge in [0.1, 0.15) is 0 Å². The molecule has 76 valence electrons. The van der Waals surface area contributed by atoms with Crippen LogP contribution in [0.4, 0.5) is 10.5 Å². The van der Waals surface area contributed by atoms with E-state index in [-0.39, 0.29) is 6.03 Å². The molecule has 1 aromatic carbocycles. The maximum atomic E-state index is 11.2. The van der Waals surface area contributed by atoms with Crippen molar-refractivity contribution in [2.24, 2.45) is 0 Å². The summed E-state index contributed by atoms with van der Waals surface area (Å²) >= 11 is 7.63. The van der Waals surface area contributed by atoms with E-state index in [0.29, 0.717) is 12.4 Å². The van der Waals surface area contributed by atoms with Gasteiger partial charge >= 0.3 is 6.03 Å². The van der Waals surface area contributed by atoms with Crippen LogP contribution < -0.4 is 10.6 Å². The minimum absolute atomic E-state index is 0.230. The predicted octanol–water partition coefficient (Wildman–Crippen LogP) is 2.65. The van der Waals surface area contributed by atoms with Gasteiger partial charge in [0.15, 0.2) is 0 Å². The molecule has 0 saturated heterocycles. The van der Waals surface area contributed by atoms with Crippen LogP contribution >= 0.6 is 34.2 Å². The summed E-state index contributed by atoms with van der Waals surface area (Å²) in [6.07, 6.45) is 0. The number of halogens is 2. The van der Waals surface area contributed by atoms with Gasteiger partial charge in [-0.2, -0.15) is 0 Å². The van der Waals surface area contributed by atoms with Gasteiger partial charge in [-0.15, -0.1) is 11.6 Å². The molecule has 0 radical (unpaired) electrons. The Labute approximate surface area is 101 Å². The molecule has 2 amide bonds. The third-order valence-corrected chi connectivity index (χ3v) is 2.39. The van der Waals surface area contributed by atoms with Crippen molar-refractivity contribution in [3.63, 3.8) is 0 Å². The highest BCUT2D eigenvalue weighted by molar-refractivity contribution is 14.1. The van der Waals surface area contributed by atoms with Gasteiger partial charge in [-0.25, -0.2) is 4.79 Å². The SMILES string of the molecule is O=C(NCCCl)Nc1ccc([125I])cc1. The van der Waals surface area contributed by atoms with E-state index in [2.05, 4.69) is 33.2 Å². The first-order valence-electron chi connectivity index (χ1n) is 4.09. The summed E-state index contributed by atoms with van der Waals surface area (Å²) in [7, 11) is 0. The Morgan fingerprint density at radius 2 is 2.00 bits per heavy atom. The standard InChI is InChI=1S/C9H10ClIN2O/c10-5-6-12-9(14)13-8-3-1-7(11)2-4-8/h1-4H,5-6H2,(H2,12,13,14)/i11-2. The number of hydrogen-bond donors (Lipinski definition) is 2. The number of carbonyl (C=O) groups excluding carboxylic acids is 1. The summed E-state index contributed by atoms with van der Waals surface area (Å²) in [6.45, 7) is 0.470. The van der Waals surface area contributed by atoms with Gasteiger partial charge in [-0.3, -0.25) is 0 Å². The summed E-state index contributed by atoms with van der Waals surface area (Å²) in [5, 5.41) is 5.30. The Kier molecular flexibility index (Phi) is 5.03. The van der Waals surface area contributed by atoms with Crippen LogP contribution in [0.5, 0.6) is 0 Å². The van der Waals surface area contributed by atoms with Crippen LogP contribution in [-0.4, -0.2) is 18.5 Å². The normalized spacial score (nSPS) is 9.57. The third-order valence-electron chi connectivity index (χ3n) is 1.48. The molecule has 0 aliphatic carbocycles. The van der Waals surface area contributed by atoms with Gasteiger partial charge in [0.2, 0.25) is 0 Å². The highest BCUT2D eigenvalue weighted by Crippen LogP contribution is 2.10. The van der Waals surface area contributed by atoms with Crippen molar-refractivity contribution < 1.29 is 4.79 Å². The predicted molar refractivity (Wildman–Crippen MR) is 66.9 cm³/mol. The summed E-state index contributed by atoms with van der Waals surface area (Å²) < 4.78 is 1.13. The second-order valence-corrected chi connectivity index (χ2v) is 4.20. The number of anilines is 1. The van der Waals surface area contributed by atoms with E-state index >= 15 is 0 Å². The molecule has 2 N–H and O–H groups in total. The lowest BCUT2D eigenvalue weighted by Crippen LogP contribution is -2.30. The van der Waals surface area contributed by atoms with Crippen LogP contribution in [0.25, 0.3) is 0 Å². The molecule has 1 aromatic rings. The van der Waals surface area contributed by atoms with E-state index in [1.165, 1.54) is 0 Å². The van der Waals surface area contributed by atoms with Crippen molar-refractivity contribution in [1.82, 2.24) is 5.32 Å². The monoisotopic (exact) mass is 322 g/mol. The smallest absolute Gasteiger partial charge is 0.319 e. The van der Waals surface area contributed by atoms with Crippen LogP contribution in [0, 0.1) is 3.57 Å². The number of benzene rings is 1. The molecule has 1 rings (SSSR count). The zero-order valence-electron chi connectivity index (χ0n) is 7.39. The summed E-state index contributed by atoms with van der Waals surface area (Å²) in [5.74, 6) is 0.417. The van der Waals surface area contributed by atoms with Gasteiger partial charge in [-0.1, -0.05) is 0 Å². The van der Waals surface area contributed by atoms with Crippen molar-refractivity contribution in [2.45, 2.75) is 0 Å². The topological polar surface area (TPSA) is 41.1 Å². The largest absolute Gasteiger partial charge is 0.337 e. The first kappa shape index (κ1) is 11.6. The van der Waals surface area contributed by atoms with Crippen molar-refractivity contribution in [1.29, 1.82) is 0 Å². The van der Waals surface area contributed by atoms with Gasteiger partial charge in [0, 0.05) is 21.7 Å². The Bertz CT molecular complexity index is 302. The summed E-state index contributed by atoms with van der Waals surface area (Å²) in [4.78, 5) is 11.2. The molecule has 0 aliphatic rings. The highest BCUT2D eigenvalue weighted by atomic mass is 125. The van der Waals surface area contributed by atoms with E-state index in [9.17, 15) is 4.79 Å². The van der Waals surface area contributed by atoms with Crippen molar-refractivity contribution in [3.05, 3.63) is 27.8 Å². The van der Waals surface area contributed by atoms with E-state index in [1.807, 2.05) is 24.3 Å². The molecule has 0 aliphatic heterocycles. The first-order chi connectivity index (χ1) is 6.72. The molecule has 3 nitrogen and oxygen atoms in total. The number of carbonyl (C=O) groups is 1. The number of alkyl halides is 1. The average molecular weight is 323 g/mol. The molecule has 0 heterocycles. The van der Waals surface area contributed by atoms with Crippen LogP contribution in [0.2, 0.25) is 0 Å². The molecule has 0 spiro atoms. The second kappa shape index (κ2) is 6.08. The molecule has 0 bridgehead atoms. The van der Waals surface area contributed by atoms with Gasteiger partial charge in [0.05, 0.1) is 0 Å². The van der Waals surface area contributed by atoms with Crippen LogP contribution in [0.1, 0.15) is 0 Å². The molecule has 0 unspecified atom stereocenters. The Morgan fingerprint density at radius 1 is 1.36 bits per heavy atom. The van der Waals surface area contributed by atoms with Gasteiger partial charge in [0.25, 0.3) is 0 Å². The molecule has 5 heteroatoms. The molecular formula is C9H10ClIN2O. The summed E-state index contributed by atoms with van der Waals surface area (Å²) in [5.41, 5.74) is 0.775. The Balaban J connectivity index is 2.44. The lowest BCUT2D eigenvalue weighted by atomic mass is 10.3. The Hall–Kier alpha value is -0.490. The minimum atomic E-state index is -0.230. The molecule has 0 saturated carbocycles. The number of nitrogens with one attached hydrogen (secondary N) is 2. The minimum Gasteiger partial charge on any atom is -0.337 e. The van der Waals surface area contributed by atoms with E-state index in [1.54, 1.807) is 0 Å². The van der Waals surface area contributed by atoms with E-state index in [0.717, 1.165) is 9.26 Å². The fourth-order valence-electron chi connectivity index (χ4n) is 0.869. The fraction of sp³-hybridized carbons (Fsp3) is 0.222. The van der Waals surface area contributed by atoms with E-state index < -0.39 is 0 Å². The van der Waals surface area contributed by atoms with Crippen molar-refractivity contribution >= 4 is 45.9 Å². The quantitative estimate of drug-likeness (QED) is 0.652. The van der Waals surface area contributed by atoms with E-state index in [4.69, 9.17) is 11.6 Å². The lowest BCUT2D eigenvalue weighted by Gasteiger charge is -2.05. The molecule has 14 heavy (non-hydrogen) atoms. The first-order valence-corrected chi connectivity index (χ1v) is 5.70. The Morgan fingerprint density at radius 3 is 2.57 bits per heavy atom. The van der Waals surface area contributed by atoms with Gasteiger partial charge in [-0.05, 0) is 46.9 Å². The number of urea groups is 1. The number of hydrogen-bond acceptors (Lipinski definition) is 1. The maximum absolute atomic E-state index is 11.2. The molecule has 0 fully saturated rings. The molecule has 0 atom stereocenters. The summed E-state index contributed by atoms with van der Waals surface area (Å²) in [6, 6.07) is 7.33. The number of amides is 2. The van der Waals surface area contributed by atoms with Crippen LogP contribution in [0.15, 0.2) is 24.3 Å². The molecule has 0 aromatic heterocycles. The second-order valence-electron chi connectivity index (χ2n) is 2.58. The zero-order valence-corrected chi connectivity index (χ0v) is 10.3.